The van der Waals surface area contributed by atoms with Crippen molar-refractivity contribution < 1.29 is 4.79 Å². The maximum atomic E-state index is 12.6. The molecule has 1 amide bonds. The Bertz CT molecular complexity index is 462. The molecule has 6 nitrogen and oxygen atoms in total. The fourth-order valence-electron chi connectivity index (χ4n) is 3.69. The van der Waals surface area contributed by atoms with Crippen LogP contribution in [0.15, 0.2) is 4.99 Å². The van der Waals surface area contributed by atoms with Gasteiger partial charge in [0.2, 0.25) is 5.91 Å². The molecule has 1 saturated heterocycles. The standard InChI is InChI=1S/C17H33N5O.HI/c1-13(2)22-15(23)11-21(12-17(22,3)4)16(18-5)19-9-10-20(6)14-7-8-14;/h13-14H,7-12H2,1-6H3,(H,18,19);1H. The minimum atomic E-state index is -0.189. The maximum Gasteiger partial charge on any atom is 0.242 e. The summed E-state index contributed by atoms with van der Waals surface area (Å²) >= 11 is 0. The smallest absolute Gasteiger partial charge is 0.242 e. The predicted octanol–water partition coefficient (Wildman–Crippen LogP) is 1.61. The molecule has 1 aliphatic heterocycles. The van der Waals surface area contributed by atoms with Gasteiger partial charge < -0.3 is 20.0 Å². The third kappa shape index (κ3) is 5.21. The second-order valence-corrected chi connectivity index (χ2v) is 7.71. The molecule has 0 unspecified atom stereocenters. The first-order chi connectivity index (χ1) is 10.8. The van der Waals surface area contributed by atoms with Crippen molar-refractivity contribution in [3.63, 3.8) is 0 Å². The fraction of sp³-hybridized carbons (Fsp3) is 0.882. The van der Waals surface area contributed by atoms with Gasteiger partial charge in [0.1, 0.15) is 0 Å². The van der Waals surface area contributed by atoms with Crippen molar-refractivity contribution in [2.75, 3.05) is 40.3 Å². The molecule has 0 aromatic heterocycles. The van der Waals surface area contributed by atoms with Crippen LogP contribution in [-0.2, 0) is 4.79 Å². The Labute approximate surface area is 164 Å². The van der Waals surface area contributed by atoms with E-state index in [9.17, 15) is 4.79 Å². The van der Waals surface area contributed by atoms with Crippen molar-refractivity contribution in [3.05, 3.63) is 0 Å². The molecule has 0 bridgehead atoms. The van der Waals surface area contributed by atoms with Crippen molar-refractivity contribution in [1.29, 1.82) is 0 Å². The van der Waals surface area contributed by atoms with Crippen LogP contribution < -0.4 is 5.32 Å². The lowest BCUT2D eigenvalue weighted by molar-refractivity contribution is -0.145. The molecule has 1 N–H and O–H groups in total. The van der Waals surface area contributed by atoms with Gasteiger partial charge in [0, 0.05) is 38.8 Å². The minimum absolute atomic E-state index is 0. The second kappa shape index (κ2) is 8.69. The number of halogens is 1. The van der Waals surface area contributed by atoms with Crippen molar-refractivity contribution in [2.24, 2.45) is 4.99 Å². The van der Waals surface area contributed by atoms with Gasteiger partial charge in [-0.05, 0) is 47.6 Å². The normalized spacial score (nSPS) is 21.3. The average Bonchev–Trinajstić information content (AvgIpc) is 3.25. The third-order valence-corrected chi connectivity index (χ3v) is 4.77. The highest BCUT2D eigenvalue weighted by molar-refractivity contribution is 14.0. The molecule has 1 heterocycles. The molecule has 140 valence electrons. The zero-order valence-corrected chi connectivity index (χ0v) is 18.3. The molecule has 0 radical (unpaired) electrons. The number of aliphatic imine (C=N–C) groups is 1. The van der Waals surface area contributed by atoms with E-state index in [1.165, 1.54) is 12.8 Å². The molecular formula is C17H34IN5O. The summed E-state index contributed by atoms with van der Waals surface area (Å²) < 4.78 is 0. The van der Waals surface area contributed by atoms with E-state index in [0.29, 0.717) is 6.54 Å². The van der Waals surface area contributed by atoms with Crippen LogP contribution in [0.4, 0.5) is 0 Å². The summed E-state index contributed by atoms with van der Waals surface area (Å²) in [7, 11) is 3.97. The van der Waals surface area contributed by atoms with Crippen LogP contribution in [0.2, 0.25) is 0 Å². The minimum Gasteiger partial charge on any atom is -0.355 e. The highest BCUT2D eigenvalue weighted by atomic mass is 127. The van der Waals surface area contributed by atoms with E-state index >= 15 is 0 Å². The van der Waals surface area contributed by atoms with Crippen molar-refractivity contribution in [1.82, 2.24) is 20.0 Å². The van der Waals surface area contributed by atoms with E-state index in [1.54, 1.807) is 7.05 Å². The van der Waals surface area contributed by atoms with E-state index in [2.05, 4.69) is 54.9 Å². The number of nitrogens with one attached hydrogen (secondary N) is 1. The first kappa shape index (κ1) is 21.5. The number of carbonyl (C=O) groups is 1. The van der Waals surface area contributed by atoms with Gasteiger partial charge in [-0.1, -0.05) is 0 Å². The number of hydrogen-bond acceptors (Lipinski definition) is 3. The summed E-state index contributed by atoms with van der Waals surface area (Å²) in [6.07, 6.45) is 2.65. The molecule has 7 heteroatoms. The maximum absolute atomic E-state index is 12.6. The van der Waals surface area contributed by atoms with Gasteiger partial charge in [0.05, 0.1) is 12.1 Å². The number of carbonyl (C=O) groups excluding carboxylic acids is 1. The van der Waals surface area contributed by atoms with Crippen LogP contribution >= 0.6 is 24.0 Å². The van der Waals surface area contributed by atoms with Gasteiger partial charge in [0.25, 0.3) is 0 Å². The summed E-state index contributed by atoms with van der Waals surface area (Å²) in [5, 5.41) is 3.42. The molecular weight excluding hydrogens is 417 g/mol. The molecule has 0 spiro atoms. The Morgan fingerprint density at radius 3 is 2.50 bits per heavy atom. The van der Waals surface area contributed by atoms with Crippen molar-refractivity contribution in [2.45, 2.75) is 58.2 Å². The summed E-state index contributed by atoms with van der Waals surface area (Å²) in [5.41, 5.74) is -0.189. The van der Waals surface area contributed by atoms with Crippen LogP contribution in [0.5, 0.6) is 0 Å². The van der Waals surface area contributed by atoms with Crippen LogP contribution in [0.1, 0.15) is 40.5 Å². The fourth-order valence-corrected chi connectivity index (χ4v) is 3.69. The van der Waals surface area contributed by atoms with Crippen LogP contribution in [-0.4, -0.2) is 84.5 Å². The first-order valence-electron chi connectivity index (χ1n) is 8.74. The number of guanidine groups is 1. The molecule has 0 aromatic rings. The lowest BCUT2D eigenvalue weighted by Crippen LogP contribution is -2.66. The predicted molar refractivity (Wildman–Crippen MR) is 110 cm³/mol. The largest absolute Gasteiger partial charge is 0.355 e. The number of nitrogens with zero attached hydrogens (tertiary/aromatic N) is 4. The summed E-state index contributed by atoms with van der Waals surface area (Å²) in [5.74, 6) is 1.01. The van der Waals surface area contributed by atoms with E-state index in [1.807, 2.05) is 4.90 Å². The summed E-state index contributed by atoms with van der Waals surface area (Å²) in [4.78, 5) is 23.4. The van der Waals surface area contributed by atoms with Gasteiger partial charge in [-0.3, -0.25) is 9.79 Å². The van der Waals surface area contributed by atoms with Gasteiger partial charge >= 0.3 is 0 Å². The molecule has 1 aliphatic carbocycles. The van der Waals surface area contributed by atoms with Crippen LogP contribution in [0, 0.1) is 0 Å². The Morgan fingerprint density at radius 1 is 1.42 bits per heavy atom. The second-order valence-electron chi connectivity index (χ2n) is 7.71. The molecule has 2 aliphatic rings. The Kier molecular flexibility index (Phi) is 7.77. The highest BCUT2D eigenvalue weighted by Crippen LogP contribution is 2.25. The number of hydrogen-bond donors (Lipinski definition) is 1. The number of piperazine rings is 1. The zero-order chi connectivity index (χ0) is 17.2. The monoisotopic (exact) mass is 451 g/mol. The van der Waals surface area contributed by atoms with Crippen molar-refractivity contribution in [3.8, 4) is 0 Å². The van der Waals surface area contributed by atoms with Crippen molar-refractivity contribution >= 4 is 35.8 Å². The van der Waals surface area contributed by atoms with Crippen LogP contribution in [0.3, 0.4) is 0 Å². The Hall–Kier alpha value is -0.570. The van der Waals surface area contributed by atoms with E-state index < -0.39 is 0 Å². The summed E-state index contributed by atoms with van der Waals surface area (Å²) in [6, 6.07) is 0.996. The molecule has 1 saturated carbocycles. The molecule has 0 atom stereocenters. The number of rotatable bonds is 5. The quantitative estimate of drug-likeness (QED) is 0.392. The number of likely N-dealkylation sites (N-methyl/N-ethyl adjacent to an activating group) is 1. The first-order valence-corrected chi connectivity index (χ1v) is 8.74. The zero-order valence-electron chi connectivity index (χ0n) is 16.0. The lowest BCUT2D eigenvalue weighted by atomic mass is 9.96. The average molecular weight is 451 g/mol. The molecule has 0 aromatic carbocycles. The van der Waals surface area contributed by atoms with Crippen LogP contribution in [0.25, 0.3) is 0 Å². The van der Waals surface area contributed by atoms with E-state index in [-0.39, 0.29) is 41.5 Å². The molecule has 24 heavy (non-hydrogen) atoms. The van der Waals surface area contributed by atoms with Gasteiger partial charge in [-0.15, -0.1) is 24.0 Å². The molecule has 2 fully saturated rings. The highest BCUT2D eigenvalue weighted by Gasteiger charge is 2.40. The third-order valence-electron chi connectivity index (χ3n) is 4.77. The lowest BCUT2D eigenvalue weighted by Gasteiger charge is -2.49. The van der Waals surface area contributed by atoms with Gasteiger partial charge in [-0.2, -0.15) is 0 Å². The summed E-state index contributed by atoms with van der Waals surface area (Å²) in [6.45, 7) is 11.5. The van der Waals surface area contributed by atoms with Gasteiger partial charge in [-0.25, -0.2) is 0 Å². The van der Waals surface area contributed by atoms with Gasteiger partial charge in [0.15, 0.2) is 5.96 Å². The Balaban J connectivity index is 0.00000288. The molecule has 2 rings (SSSR count). The van der Waals surface area contributed by atoms with E-state index in [4.69, 9.17) is 0 Å². The number of amides is 1. The van der Waals surface area contributed by atoms with E-state index in [0.717, 1.165) is 31.6 Å². The SMILES string of the molecule is CN=C(NCCN(C)C1CC1)N1CC(=O)N(C(C)C)C(C)(C)C1.I. The Morgan fingerprint density at radius 2 is 2.04 bits per heavy atom. The topological polar surface area (TPSA) is 51.2 Å².